The molecule has 0 bridgehead atoms. The lowest BCUT2D eigenvalue weighted by Gasteiger charge is -2.41. The summed E-state index contributed by atoms with van der Waals surface area (Å²) in [5.74, 6) is 0.556. The number of aryl methyl sites for hydroxylation is 2. The summed E-state index contributed by atoms with van der Waals surface area (Å²) in [4.78, 5) is 11.9. The molecule has 0 saturated carbocycles. The topological polar surface area (TPSA) is 87.7 Å². The fraction of sp³-hybridized carbons (Fsp3) is 0.632. The molecule has 1 atom stereocenters. The second-order valence-corrected chi connectivity index (χ2v) is 9.53. The summed E-state index contributed by atoms with van der Waals surface area (Å²) in [5.41, 5.74) is 1.01. The molecule has 0 radical (unpaired) electrons. The number of ether oxygens (including phenoxy) is 1. The molecule has 27 heavy (non-hydrogen) atoms. The van der Waals surface area contributed by atoms with Crippen LogP contribution in [0.2, 0.25) is 0 Å². The molecule has 150 valence electrons. The minimum absolute atomic E-state index is 0.125. The quantitative estimate of drug-likeness (QED) is 0.803. The number of carbonyl (C=O) groups excluding carboxylic acids is 1. The highest BCUT2D eigenvalue weighted by Crippen LogP contribution is 2.42. The molecule has 2 fully saturated rings. The van der Waals surface area contributed by atoms with Gasteiger partial charge in [-0.15, -0.1) is 0 Å². The van der Waals surface area contributed by atoms with E-state index in [-0.39, 0.29) is 11.9 Å². The van der Waals surface area contributed by atoms with Crippen LogP contribution in [0.1, 0.15) is 37.3 Å². The van der Waals surface area contributed by atoms with Crippen LogP contribution in [0.25, 0.3) is 0 Å². The first-order valence-corrected chi connectivity index (χ1v) is 10.8. The highest BCUT2D eigenvalue weighted by atomic mass is 32.2. The third kappa shape index (κ3) is 3.70. The van der Waals surface area contributed by atoms with E-state index in [9.17, 15) is 13.2 Å². The van der Waals surface area contributed by atoms with Crippen LogP contribution in [0, 0.1) is 13.8 Å². The lowest BCUT2D eigenvalue weighted by atomic mass is 9.86. The van der Waals surface area contributed by atoms with Gasteiger partial charge in [-0.3, -0.25) is 4.79 Å². The second-order valence-electron chi connectivity index (χ2n) is 7.70. The van der Waals surface area contributed by atoms with Crippen LogP contribution in [0.15, 0.2) is 17.0 Å². The van der Waals surface area contributed by atoms with Crippen molar-refractivity contribution in [3.05, 3.63) is 23.3 Å². The van der Waals surface area contributed by atoms with Gasteiger partial charge in [0, 0.05) is 25.0 Å². The Kier molecular flexibility index (Phi) is 5.52. The van der Waals surface area contributed by atoms with Crippen LogP contribution < -0.4 is 15.4 Å². The third-order valence-electron chi connectivity index (χ3n) is 5.74. The normalized spacial score (nSPS) is 22.7. The molecule has 7 nitrogen and oxygen atoms in total. The first-order valence-electron chi connectivity index (χ1n) is 9.35. The van der Waals surface area contributed by atoms with Crippen LogP contribution in [0.5, 0.6) is 5.75 Å². The molecule has 1 aromatic rings. The average Bonchev–Trinajstić information content (AvgIpc) is 2.94. The molecule has 0 aromatic heterocycles. The Labute approximate surface area is 161 Å². The van der Waals surface area contributed by atoms with E-state index in [0.29, 0.717) is 29.2 Å². The van der Waals surface area contributed by atoms with Gasteiger partial charge < -0.3 is 15.4 Å². The molecule has 8 heteroatoms. The fourth-order valence-corrected chi connectivity index (χ4v) is 6.65. The monoisotopic (exact) mass is 395 g/mol. The third-order valence-corrected chi connectivity index (χ3v) is 7.86. The summed E-state index contributed by atoms with van der Waals surface area (Å²) >= 11 is 0. The molecule has 3 rings (SSSR count). The van der Waals surface area contributed by atoms with Gasteiger partial charge in [0.05, 0.1) is 12.0 Å². The zero-order valence-electron chi connectivity index (χ0n) is 16.5. The Morgan fingerprint density at radius 1 is 1.26 bits per heavy atom. The van der Waals surface area contributed by atoms with Gasteiger partial charge in [0.2, 0.25) is 15.9 Å². The average molecular weight is 396 g/mol. The van der Waals surface area contributed by atoms with Gasteiger partial charge in [-0.05, 0) is 69.5 Å². The van der Waals surface area contributed by atoms with E-state index in [4.69, 9.17) is 4.74 Å². The molecule has 0 unspecified atom stereocenters. The predicted octanol–water partition coefficient (Wildman–Crippen LogP) is 1.33. The second kappa shape index (κ2) is 7.41. The number of nitrogens with zero attached hydrogens (tertiary/aromatic N) is 1. The van der Waals surface area contributed by atoms with Crippen LogP contribution in [0.4, 0.5) is 0 Å². The Hall–Kier alpha value is -1.64. The van der Waals surface area contributed by atoms with Gasteiger partial charge in [-0.2, -0.15) is 4.31 Å². The number of sulfonamides is 1. The molecule has 0 aliphatic carbocycles. The molecule has 2 heterocycles. The highest BCUT2D eigenvalue weighted by molar-refractivity contribution is 7.89. The summed E-state index contributed by atoms with van der Waals surface area (Å²) in [6.45, 7) is 6.99. The fourth-order valence-electron chi connectivity index (χ4n) is 4.48. The van der Waals surface area contributed by atoms with E-state index in [1.165, 1.54) is 6.92 Å². The number of nitrogens with one attached hydrogen (secondary N) is 2. The van der Waals surface area contributed by atoms with Crippen molar-refractivity contribution in [2.75, 3.05) is 26.7 Å². The molecule has 1 amide bonds. The van der Waals surface area contributed by atoms with Gasteiger partial charge in [0.25, 0.3) is 0 Å². The van der Waals surface area contributed by atoms with Crippen LogP contribution >= 0.6 is 0 Å². The molecule has 2 saturated heterocycles. The van der Waals surface area contributed by atoms with Crippen molar-refractivity contribution >= 4 is 15.9 Å². The number of amides is 1. The summed E-state index contributed by atoms with van der Waals surface area (Å²) < 4.78 is 34.3. The lowest BCUT2D eigenvalue weighted by molar-refractivity contribution is -0.119. The van der Waals surface area contributed by atoms with Gasteiger partial charge in [0.15, 0.2) is 0 Å². The van der Waals surface area contributed by atoms with Crippen molar-refractivity contribution in [1.82, 2.24) is 14.9 Å². The number of rotatable bonds is 4. The van der Waals surface area contributed by atoms with Crippen molar-refractivity contribution in [3.63, 3.8) is 0 Å². The van der Waals surface area contributed by atoms with Gasteiger partial charge >= 0.3 is 0 Å². The molecular formula is C19H29N3O4S. The van der Waals surface area contributed by atoms with E-state index in [1.54, 1.807) is 30.5 Å². The number of benzene rings is 1. The van der Waals surface area contributed by atoms with E-state index >= 15 is 0 Å². The maximum absolute atomic E-state index is 13.7. The molecule has 1 spiro atoms. The van der Waals surface area contributed by atoms with Crippen molar-refractivity contribution in [2.45, 2.75) is 56.5 Å². The van der Waals surface area contributed by atoms with Gasteiger partial charge in [-0.25, -0.2) is 8.42 Å². The smallest absolute Gasteiger partial charge is 0.243 e. The Bertz CT molecular complexity index is 832. The zero-order valence-corrected chi connectivity index (χ0v) is 17.3. The highest BCUT2D eigenvalue weighted by Gasteiger charge is 2.52. The van der Waals surface area contributed by atoms with E-state index < -0.39 is 15.6 Å². The largest absolute Gasteiger partial charge is 0.496 e. The standard InChI is InChI=1S/C19H29N3O4S/c1-13-10-18(14(2)9-17(13)26-4)27(24,25)22-12-16(21-15(3)23)11-19(22)5-7-20-8-6-19/h9-10,16,20H,5-8,11-12H2,1-4H3,(H,21,23)/t16-/m0/s1. The molecule has 2 N–H and O–H groups in total. The minimum Gasteiger partial charge on any atom is -0.496 e. The molecule has 2 aliphatic heterocycles. The number of hydrogen-bond donors (Lipinski definition) is 2. The number of methoxy groups -OCH3 is 1. The van der Waals surface area contributed by atoms with E-state index in [1.807, 2.05) is 6.92 Å². The number of carbonyl (C=O) groups is 1. The summed E-state index contributed by atoms with van der Waals surface area (Å²) in [6, 6.07) is 3.32. The lowest BCUT2D eigenvalue weighted by Crippen LogP contribution is -2.53. The van der Waals surface area contributed by atoms with Crippen molar-refractivity contribution in [1.29, 1.82) is 0 Å². The first kappa shape index (κ1) is 20.1. The minimum atomic E-state index is -3.69. The van der Waals surface area contributed by atoms with E-state index in [0.717, 1.165) is 31.5 Å². The number of piperidine rings is 1. The molecular weight excluding hydrogens is 366 g/mol. The maximum Gasteiger partial charge on any atom is 0.243 e. The maximum atomic E-state index is 13.7. The predicted molar refractivity (Wildman–Crippen MR) is 103 cm³/mol. The van der Waals surface area contributed by atoms with Crippen LogP contribution in [0.3, 0.4) is 0 Å². The zero-order chi connectivity index (χ0) is 19.8. The Balaban J connectivity index is 2.03. The van der Waals surface area contributed by atoms with E-state index in [2.05, 4.69) is 10.6 Å². The molecule has 1 aromatic carbocycles. The SMILES string of the molecule is COc1cc(C)c(S(=O)(=O)N2C[C@@H](NC(C)=O)CC23CCNCC3)cc1C. The summed E-state index contributed by atoms with van der Waals surface area (Å²) in [6.07, 6.45) is 2.15. The Morgan fingerprint density at radius 2 is 1.93 bits per heavy atom. The van der Waals surface area contributed by atoms with Crippen LogP contribution in [-0.4, -0.2) is 57.0 Å². The van der Waals surface area contributed by atoms with Gasteiger partial charge in [0.1, 0.15) is 5.75 Å². The molecule has 2 aliphatic rings. The van der Waals surface area contributed by atoms with Crippen molar-refractivity contribution < 1.29 is 17.9 Å². The van der Waals surface area contributed by atoms with Gasteiger partial charge in [-0.1, -0.05) is 0 Å². The van der Waals surface area contributed by atoms with Crippen molar-refractivity contribution in [2.24, 2.45) is 0 Å². The van der Waals surface area contributed by atoms with Crippen LogP contribution in [-0.2, 0) is 14.8 Å². The van der Waals surface area contributed by atoms with Crippen molar-refractivity contribution in [3.8, 4) is 5.75 Å². The Morgan fingerprint density at radius 3 is 2.52 bits per heavy atom. The first-order chi connectivity index (χ1) is 12.7. The number of hydrogen-bond acceptors (Lipinski definition) is 5. The summed E-state index contributed by atoms with van der Waals surface area (Å²) in [7, 11) is -2.11. The summed E-state index contributed by atoms with van der Waals surface area (Å²) in [5, 5.41) is 6.24.